The standard InChI is InChI=1S/C19H27N5O2/c1-23(2)12-17(20)13-24(21)18(11-19(25)22-26)10-14-7-8-15-5-3-4-6-16(15)9-14/h3-9,13,18,26H,10-12,20-21H2,1-2H3,(H,22,25)/b17-13-. The van der Waals surface area contributed by atoms with Gasteiger partial charge in [-0.25, -0.2) is 11.3 Å². The fraction of sp³-hybridized carbons (Fsp3) is 0.316. The van der Waals surface area contributed by atoms with Crippen LogP contribution in [0.1, 0.15) is 12.0 Å². The molecule has 0 saturated heterocycles. The number of amides is 1. The van der Waals surface area contributed by atoms with E-state index in [4.69, 9.17) is 16.8 Å². The van der Waals surface area contributed by atoms with Crippen LogP contribution in [0.2, 0.25) is 0 Å². The lowest BCUT2D eigenvalue weighted by Gasteiger charge is -2.27. The van der Waals surface area contributed by atoms with Crippen LogP contribution in [0.15, 0.2) is 54.4 Å². The van der Waals surface area contributed by atoms with Crippen LogP contribution in [0.4, 0.5) is 0 Å². The number of benzene rings is 2. The summed E-state index contributed by atoms with van der Waals surface area (Å²) in [6.45, 7) is 0.558. The van der Waals surface area contributed by atoms with Gasteiger partial charge in [-0.1, -0.05) is 42.5 Å². The van der Waals surface area contributed by atoms with Crippen molar-refractivity contribution in [3.05, 3.63) is 59.9 Å². The molecule has 0 radical (unpaired) electrons. The first-order valence-corrected chi connectivity index (χ1v) is 8.43. The Labute approximate surface area is 153 Å². The van der Waals surface area contributed by atoms with Gasteiger partial charge in [0.2, 0.25) is 5.91 Å². The molecule has 1 amide bonds. The lowest BCUT2D eigenvalue weighted by atomic mass is 9.99. The minimum absolute atomic E-state index is 0.0472. The van der Waals surface area contributed by atoms with Crippen molar-refractivity contribution in [2.24, 2.45) is 11.6 Å². The fourth-order valence-corrected chi connectivity index (χ4v) is 2.88. The highest BCUT2D eigenvalue weighted by atomic mass is 16.5. The van der Waals surface area contributed by atoms with Crippen LogP contribution in [0.3, 0.4) is 0 Å². The summed E-state index contributed by atoms with van der Waals surface area (Å²) >= 11 is 0. The minimum Gasteiger partial charge on any atom is -0.400 e. The molecular weight excluding hydrogens is 330 g/mol. The van der Waals surface area contributed by atoms with Crippen LogP contribution in [-0.4, -0.2) is 47.7 Å². The van der Waals surface area contributed by atoms with Crippen LogP contribution in [0, 0.1) is 0 Å². The predicted octanol–water partition coefficient (Wildman–Crippen LogP) is 1.18. The van der Waals surface area contributed by atoms with Gasteiger partial charge in [0.05, 0.1) is 12.5 Å². The number of hydroxylamine groups is 1. The number of hydrazine groups is 1. The van der Waals surface area contributed by atoms with Gasteiger partial charge >= 0.3 is 0 Å². The summed E-state index contributed by atoms with van der Waals surface area (Å²) in [6, 6.07) is 13.9. The molecule has 26 heavy (non-hydrogen) atoms. The summed E-state index contributed by atoms with van der Waals surface area (Å²) in [6.07, 6.45) is 2.22. The number of carbonyl (C=O) groups is 1. The van der Waals surface area contributed by atoms with E-state index in [1.54, 1.807) is 11.7 Å². The quantitative estimate of drug-likeness (QED) is 0.321. The first-order valence-electron chi connectivity index (χ1n) is 8.43. The third-order valence-electron chi connectivity index (χ3n) is 4.07. The van der Waals surface area contributed by atoms with E-state index < -0.39 is 5.91 Å². The maximum atomic E-state index is 11.7. The van der Waals surface area contributed by atoms with E-state index in [0.717, 1.165) is 16.3 Å². The van der Waals surface area contributed by atoms with Crippen molar-refractivity contribution < 1.29 is 10.0 Å². The maximum absolute atomic E-state index is 11.7. The Kier molecular flexibility index (Phi) is 6.97. The SMILES string of the molecule is CN(C)C/C(N)=C/N(N)C(CC(=O)NO)Cc1ccc2ccccc2c1. The Morgan fingerprint density at radius 3 is 2.58 bits per heavy atom. The number of nitrogens with zero attached hydrogens (tertiary/aromatic N) is 2. The number of hydrogen-bond acceptors (Lipinski definition) is 6. The van der Waals surface area contributed by atoms with Crippen molar-refractivity contribution in [1.82, 2.24) is 15.4 Å². The highest BCUT2D eigenvalue weighted by Crippen LogP contribution is 2.18. The van der Waals surface area contributed by atoms with Crippen molar-refractivity contribution in [2.75, 3.05) is 20.6 Å². The van der Waals surface area contributed by atoms with Crippen LogP contribution in [-0.2, 0) is 11.2 Å². The number of nitrogens with one attached hydrogen (secondary N) is 1. The van der Waals surface area contributed by atoms with E-state index in [2.05, 4.69) is 12.1 Å². The molecule has 7 nitrogen and oxygen atoms in total. The number of fused-ring (bicyclic) bond motifs is 1. The van der Waals surface area contributed by atoms with Gasteiger partial charge in [-0.3, -0.25) is 10.0 Å². The average molecular weight is 357 g/mol. The average Bonchev–Trinajstić information content (AvgIpc) is 2.60. The molecule has 0 spiro atoms. The van der Waals surface area contributed by atoms with Crippen LogP contribution in [0.5, 0.6) is 0 Å². The first kappa shape index (κ1) is 19.7. The van der Waals surface area contributed by atoms with E-state index in [1.165, 1.54) is 5.01 Å². The smallest absolute Gasteiger partial charge is 0.245 e. The highest BCUT2D eigenvalue weighted by Gasteiger charge is 2.19. The Balaban J connectivity index is 2.20. The molecule has 2 aromatic carbocycles. The Morgan fingerprint density at radius 1 is 1.23 bits per heavy atom. The molecule has 0 heterocycles. The molecule has 7 heteroatoms. The number of nitrogens with two attached hydrogens (primary N) is 2. The fourth-order valence-electron chi connectivity index (χ4n) is 2.88. The van der Waals surface area contributed by atoms with Gasteiger partial charge in [-0.05, 0) is 36.9 Å². The van der Waals surface area contributed by atoms with E-state index in [0.29, 0.717) is 18.7 Å². The monoisotopic (exact) mass is 357 g/mol. The normalized spacial score (nSPS) is 13.0. The molecule has 0 aromatic heterocycles. The third-order valence-corrected chi connectivity index (χ3v) is 4.07. The molecule has 0 saturated carbocycles. The summed E-state index contributed by atoms with van der Waals surface area (Å²) in [7, 11) is 3.82. The second-order valence-electron chi connectivity index (χ2n) is 6.67. The van der Waals surface area contributed by atoms with Crippen molar-refractivity contribution in [3.63, 3.8) is 0 Å². The number of rotatable bonds is 8. The van der Waals surface area contributed by atoms with Crippen LogP contribution >= 0.6 is 0 Å². The van der Waals surface area contributed by atoms with Gasteiger partial charge in [0.15, 0.2) is 0 Å². The van der Waals surface area contributed by atoms with E-state index >= 15 is 0 Å². The van der Waals surface area contributed by atoms with E-state index in [9.17, 15) is 4.79 Å². The van der Waals surface area contributed by atoms with E-state index in [1.807, 2.05) is 49.3 Å². The summed E-state index contributed by atoms with van der Waals surface area (Å²) in [5.74, 6) is 5.66. The molecule has 0 fully saturated rings. The van der Waals surface area contributed by atoms with Gasteiger partial charge < -0.3 is 15.6 Å². The zero-order valence-corrected chi connectivity index (χ0v) is 15.2. The van der Waals surface area contributed by atoms with Crippen LogP contribution in [0.25, 0.3) is 10.8 Å². The van der Waals surface area contributed by atoms with Gasteiger partial charge in [0.1, 0.15) is 0 Å². The van der Waals surface area contributed by atoms with Gasteiger partial charge in [0.25, 0.3) is 0 Å². The zero-order valence-electron chi connectivity index (χ0n) is 15.2. The van der Waals surface area contributed by atoms with Crippen molar-refractivity contribution in [3.8, 4) is 0 Å². The molecule has 0 aliphatic heterocycles. The summed E-state index contributed by atoms with van der Waals surface area (Å²) in [4.78, 5) is 13.6. The van der Waals surface area contributed by atoms with E-state index in [-0.39, 0.29) is 12.5 Å². The van der Waals surface area contributed by atoms with Gasteiger partial charge in [-0.2, -0.15) is 0 Å². The second-order valence-corrected chi connectivity index (χ2v) is 6.67. The lowest BCUT2D eigenvalue weighted by Crippen LogP contribution is -2.42. The molecule has 0 bridgehead atoms. The van der Waals surface area contributed by atoms with Gasteiger partial charge in [-0.15, -0.1) is 0 Å². The zero-order chi connectivity index (χ0) is 19.1. The second kappa shape index (κ2) is 9.19. The number of carbonyl (C=O) groups excluding carboxylic acids is 1. The topological polar surface area (TPSA) is 108 Å². The third kappa shape index (κ3) is 5.73. The first-order chi connectivity index (χ1) is 12.4. The number of hydrogen-bond donors (Lipinski definition) is 4. The Morgan fingerprint density at radius 2 is 1.92 bits per heavy atom. The minimum atomic E-state index is -0.495. The molecule has 2 aromatic rings. The van der Waals surface area contributed by atoms with Crippen molar-refractivity contribution >= 4 is 16.7 Å². The Bertz CT molecular complexity index is 775. The molecule has 1 unspecified atom stereocenters. The molecular formula is C19H27N5O2. The molecule has 140 valence electrons. The molecule has 0 aliphatic carbocycles. The van der Waals surface area contributed by atoms with Crippen molar-refractivity contribution in [1.29, 1.82) is 0 Å². The summed E-state index contributed by atoms with van der Waals surface area (Å²) < 4.78 is 0. The largest absolute Gasteiger partial charge is 0.400 e. The summed E-state index contributed by atoms with van der Waals surface area (Å²) in [5.41, 5.74) is 9.30. The summed E-state index contributed by atoms with van der Waals surface area (Å²) in [5, 5.41) is 12.6. The number of likely N-dealkylation sites (N-methyl/N-ethyl adjacent to an activating group) is 1. The highest BCUT2D eigenvalue weighted by molar-refractivity contribution is 5.83. The van der Waals surface area contributed by atoms with Gasteiger partial charge in [0, 0.05) is 18.4 Å². The molecule has 6 N–H and O–H groups in total. The predicted molar refractivity (Wildman–Crippen MR) is 103 cm³/mol. The van der Waals surface area contributed by atoms with Crippen LogP contribution < -0.4 is 17.1 Å². The molecule has 0 aliphatic rings. The molecule has 2 rings (SSSR count). The lowest BCUT2D eigenvalue weighted by molar-refractivity contribution is -0.130. The molecule has 1 atom stereocenters. The maximum Gasteiger partial charge on any atom is 0.245 e. The van der Waals surface area contributed by atoms with Crippen molar-refractivity contribution in [2.45, 2.75) is 18.9 Å². The Hall–Kier alpha value is -2.61.